The maximum absolute atomic E-state index is 11.9. The fourth-order valence-corrected chi connectivity index (χ4v) is 1.88. The van der Waals surface area contributed by atoms with Crippen LogP contribution in [0.1, 0.15) is 26.7 Å². The largest absolute Gasteiger partial charge is 0.399 e. The van der Waals surface area contributed by atoms with Crippen molar-refractivity contribution in [2.24, 2.45) is 5.92 Å². The number of hydrogen-bond donors (Lipinski definition) is 2. The molecule has 1 aromatic rings. The van der Waals surface area contributed by atoms with Crippen LogP contribution in [0.5, 0.6) is 0 Å². The zero-order valence-electron chi connectivity index (χ0n) is 9.59. The van der Waals surface area contributed by atoms with Gasteiger partial charge in [-0.1, -0.05) is 13.8 Å². The highest BCUT2D eigenvalue weighted by atomic mass is 79.9. The normalized spacial score (nSPS) is 10.5. The van der Waals surface area contributed by atoms with Gasteiger partial charge in [0.05, 0.1) is 5.69 Å². The van der Waals surface area contributed by atoms with Crippen molar-refractivity contribution in [3.8, 4) is 0 Å². The molecule has 0 heterocycles. The Labute approximate surface area is 105 Å². The summed E-state index contributed by atoms with van der Waals surface area (Å²) < 4.78 is 0.848. The molecule has 0 aliphatic carbocycles. The molecule has 0 unspecified atom stereocenters. The maximum atomic E-state index is 11.9. The standard InChI is InChI=1S/C12H17BrN2O/c1-3-8(4-2)12(16)15-11-7-9(14)5-6-10(11)13/h5-8H,3-4,14H2,1-2H3,(H,15,16). The number of hydrogen-bond acceptors (Lipinski definition) is 2. The van der Waals surface area contributed by atoms with Gasteiger partial charge in [0.1, 0.15) is 0 Å². The van der Waals surface area contributed by atoms with Gasteiger partial charge in [0.2, 0.25) is 5.91 Å². The molecule has 1 aromatic carbocycles. The number of halogens is 1. The van der Waals surface area contributed by atoms with E-state index in [0.29, 0.717) is 5.69 Å². The Hall–Kier alpha value is -1.03. The van der Waals surface area contributed by atoms with E-state index in [-0.39, 0.29) is 11.8 Å². The summed E-state index contributed by atoms with van der Waals surface area (Å²) >= 11 is 3.38. The average molecular weight is 285 g/mol. The minimum Gasteiger partial charge on any atom is -0.399 e. The molecule has 3 nitrogen and oxygen atoms in total. The highest BCUT2D eigenvalue weighted by molar-refractivity contribution is 9.10. The number of nitrogen functional groups attached to an aromatic ring is 1. The number of carbonyl (C=O) groups excluding carboxylic acids is 1. The number of benzene rings is 1. The van der Waals surface area contributed by atoms with Crippen LogP contribution < -0.4 is 11.1 Å². The van der Waals surface area contributed by atoms with E-state index in [1.807, 2.05) is 19.9 Å². The lowest BCUT2D eigenvalue weighted by atomic mass is 10.0. The molecule has 0 saturated heterocycles. The quantitative estimate of drug-likeness (QED) is 0.833. The summed E-state index contributed by atoms with van der Waals surface area (Å²) in [4.78, 5) is 11.9. The first-order valence-electron chi connectivity index (χ1n) is 5.44. The van der Waals surface area contributed by atoms with Crippen molar-refractivity contribution < 1.29 is 4.79 Å². The number of carbonyl (C=O) groups is 1. The molecular formula is C12H17BrN2O. The Bertz CT molecular complexity index is 375. The predicted octanol–water partition coefficient (Wildman–Crippen LogP) is 3.41. The van der Waals surface area contributed by atoms with Crippen molar-refractivity contribution in [2.45, 2.75) is 26.7 Å². The molecule has 4 heteroatoms. The first-order valence-corrected chi connectivity index (χ1v) is 6.23. The summed E-state index contributed by atoms with van der Waals surface area (Å²) in [6.07, 6.45) is 1.70. The lowest BCUT2D eigenvalue weighted by Crippen LogP contribution is -2.21. The van der Waals surface area contributed by atoms with Gasteiger partial charge in [-0.2, -0.15) is 0 Å². The Kier molecular flexibility index (Phi) is 4.80. The third-order valence-corrected chi connectivity index (χ3v) is 3.30. The van der Waals surface area contributed by atoms with E-state index >= 15 is 0 Å². The number of nitrogens with one attached hydrogen (secondary N) is 1. The summed E-state index contributed by atoms with van der Waals surface area (Å²) in [5, 5.41) is 2.89. The second-order valence-corrected chi connectivity index (χ2v) is 4.60. The second-order valence-electron chi connectivity index (χ2n) is 3.74. The molecule has 3 N–H and O–H groups in total. The van der Waals surface area contributed by atoms with Crippen LogP contribution in [-0.2, 0) is 4.79 Å². The SMILES string of the molecule is CCC(CC)C(=O)Nc1cc(N)ccc1Br. The molecule has 0 spiro atoms. The molecule has 0 aliphatic rings. The summed E-state index contributed by atoms with van der Waals surface area (Å²) in [5.41, 5.74) is 7.05. The minimum atomic E-state index is 0.0521. The van der Waals surface area contributed by atoms with Gasteiger partial charge < -0.3 is 11.1 Å². The highest BCUT2D eigenvalue weighted by Gasteiger charge is 2.15. The number of anilines is 2. The van der Waals surface area contributed by atoms with Gasteiger partial charge in [-0.3, -0.25) is 4.79 Å². The van der Waals surface area contributed by atoms with Crippen LogP contribution in [0.15, 0.2) is 22.7 Å². The van der Waals surface area contributed by atoms with Crippen LogP contribution >= 0.6 is 15.9 Å². The third-order valence-electron chi connectivity index (χ3n) is 2.60. The molecule has 1 amide bonds. The van der Waals surface area contributed by atoms with Gasteiger partial charge in [-0.05, 0) is 47.0 Å². The van der Waals surface area contributed by atoms with Gasteiger partial charge in [-0.25, -0.2) is 0 Å². The van der Waals surface area contributed by atoms with Crippen molar-refractivity contribution in [3.63, 3.8) is 0 Å². The molecular weight excluding hydrogens is 268 g/mol. The predicted molar refractivity (Wildman–Crippen MR) is 71.3 cm³/mol. The van der Waals surface area contributed by atoms with Crippen LogP contribution in [-0.4, -0.2) is 5.91 Å². The van der Waals surface area contributed by atoms with Gasteiger partial charge in [0, 0.05) is 16.1 Å². The number of amides is 1. The lowest BCUT2D eigenvalue weighted by molar-refractivity contribution is -0.120. The molecule has 0 aromatic heterocycles. The highest BCUT2D eigenvalue weighted by Crippen LogP contribution is 2.25. The molecule has 0 fully saturated rings. The molecule has 16 heavy (non-hydrogen) atoms. The minimum absolute atomic E-state index is 0.0521. The van der Waals surface area contributed by atoms with Crippen molar-refractivity contribution >= 4 is 33.2 Å². The first kappa shape index (κ1) is 13.0. The van der Waals surface area contributed by atoms with Crippen LogP contribution in [0, 0.1) is 5.92 Å². The fraction of sp³-hybridized carbons (Fsp3) is 0.417. The molecule has 88 valence electrons. The van der Waals surface area contributed by atoms with E-state index < -0.39 is 0 Å². The summed E-state index contributed by atoms with van der Waals surface area (Å²) in [5.74, 6) is 0.115. The van der Waals surface area contributed by atoms with Crippen LogP contribution in [0.4, 0.5) is 11.4 Å². The third kappa shape index (κ3) is 3.23. The number of nitrogens with two attached hydrogens (primary N) is 1. The topological polar surface area (TPSA) is 55.1 Å². The van der Waals surface area contributed by atoms with Crippen LogP contribution in [0.25, 0.3) is 0 Å². The summed E-state index contributed by atoms with van der Waals surface area (Å²) in [6, 6.07) is 5.37. The van der Waals surface area contributed by atoms with E-state index in [2.05, 4.69) is 21.2 Å². The summed E-state index contributed by atoms with van der Waals surface area (Å²) in [6.45, 7) is 4.03. The summed E-state index contributed by atoms with van der Waals surface area (Å²) in [7, 11) is 0. The Morgan fingerprint density at radius 2 is 2.06 bits per heavy atom. The zero-order chi connectivity index (χ0) is 12.1. The van der Waals surface area contributed by atoms with Gasteiger partial charge in [-0.15, -0.1) is 0 Å². The Morgan fingerprint density at radius 1 is 1.44 bits per heavy atom. The van der Waals surface area contributed by atoms with Crippen LogP contribution in [0.2, 0.25) is 0 Å². The molecule has 0 aliphatic heterocycles. The molecule has 0 radical (unpaired) electrons. The Balaban J connectivity index is 2.80. The monoisotopic (exact) mass is 284 g/mol. The second kappa shape index (κ2) is 5.89. The van der Waals surface area contributed by atoms with Gasteiger partial charge >= 0.3 is 0 Å². The van der Waals surface area contributed by atoms with E-state index in [1.54, 1.807) is 12.1 Å². The van der Waals surface area contributed by atoms with Crippen molar-refractivity contribution in [1.82, 2.24) is 0 Å². The molecule has 0 saturated carbocycles. The smallest absolute Gasteiger partial charge is 0.227 e. The lowest BCUT2D eigenvalue weighted by Gasteiger charge is -2.14. The molecule has 1 rings (SSSR count). The zero-order valence-corrected chi connectivity index (χ0v) is 11.2. The Morgan fingerprint density at radius 3 is 2.62 bits per heavy atom. The van der Waals surface area contributed by atoms with E-state index in [4.69, 9.17) is 5.73 Å². The fourth-order valence-electron chi connectivity index (χ4n) is 1.53. The van der Waals surface area contributed by atoms with E-state index in [9.17, 15) is 4.79 Å². The van der Waals surface area contributed by atoms with Crippen molar-refractivity contribution in [2.75, 3.05) is 11.1 Å². The maximum Gasteiger partial charge on any atom is 0.227 e. The van der Waals surface area contributed by atoms with E-state index in [1.165, 1.54) is 0 Å². The van der Waals surface area contributed by atoms with Crippen molar-refractivity contribution in [1.29, 1.82) is 0 Å². The van der Waals surface area contributed by atoms with Gasteiger partial charge in [0.25, 0.3) is 0 Å². The molecule has 0 bridgehead atoms. The first-order chi connectivity index (χ1) is 7.58. The van der Waals surface area contributed by atoms with Crippen molar-refractivity contribution in [3.05, 3.63) is 22.7 Å². The van der Waals surface area contributed by atoms with Crippen LogP contribution in [0.3, 0.4) is 0 Å². The number of rotatable bonds is 4. The van der Waals surface area contributed by atoms with E-state index in [0.717, 1.165) is 23.0 Å². The van der Waals surface area contributed by atoms with Gasteiger partial charge in [0.15, 0.2) is 0 Å². The molecule has 0 atom stereocenters. The average Bonchev–Trinajstić information content (AvgIpc) is 2.25.